The SMILES string of the molecule is COc1cc2nccc(N3CCC(NC(=O)Nc4ccc(C(C)C)cc4)CC3)c2cc1OC. The lowest BCUT2D eigenvalue weighted by molar-refractivity contribution is 0.246. The van der Waals surface area contributed by atoms with Crippen LogP contribution in [-0.4, -0.2) is 44.4 Å². The van der Waals surface area contributed by atoms with Crippen molar-refractivity contribution in [3.8, 4) is 11.5 Å². The van der Waals surface area contributed by atoms with Crippen LogP contribution in [0.1, 0.15) is 38.2 Å². The lowest BCUT2D eigenvalue weighted by Gasteiger charge is -2.34. The van der Waals surface area contributed by atoms with Crippen LogP contribution in [0.4, 0.5) is 16.2 Å². The van der Waals surface area contributed by atoms with Crippen LogP contribution in [0.5, 0.6) is 11.5 Å². The van der Waals surface area contributed by atoms with Crippen molar-refractivity contribution in [2.75, 3.05) is 37.5 Å². The summed E-state index contributed by atoms with van der Waals surface area (Å²) in [7, 11) is 3.27. The van der Waals surface area contributed by atoms with Crippen LogP contribution >= 0.6 is 0 Å². The fraction of sp³-hybridized carbons (Fsp3) is 0.385. The van der Waals surface area contributed by atoms with Gasteiger partial charge in [0.2, 0.25) is 0 Å². The van der Waals surface area contributed by atoms with E-state index < -0.39 is 0 Å². The van der Waals surface area contributed by atoms with E-state index in [0.717, 1.165) is 48.2 Å². The molecule has 7 heteroatoms. The number of rotatable bonds is 6. The summed E-state index contributed by atoms with van der Waals surface area (Å²) in [6, 6.07) is 13.9. The molecule has 0 aliphatic carbocycles. The molecule has 3 aromatic rings. The zero-order valence-electron chi connectivity index (χ0n) is 19.7. The number of amides is 2. The van der Waals surface area contributed by atoms with Crippen LogP contribution in [0.15, 0.2) is 48.7 Å². The van der Waals surface area contributed by atoms with E-state index in [1.165, 1.54) is 5.56 Å². The minimum atomic E-state index is -0.156. The molecule has 33 heavy (non-hydrogen) atoms. The van der Waals surface area contributed by atoms with Gasteiger partial charge in [0.1, 0.15) is 0 Å². The number of methoxy groups -OCH3 is 2. The Labute approximate surface area is 195 Å². The van der Waals surface area contributed by atoms with Gasteiger partial charge in [0.25, 0.3) is 0 Å². The van der Waals surface area contributed by atoms with Crippen LogP contribution in [-0.2, 0) is 0 Å². The van der Waals surface area contributed by atoms with Gasteiger partial charge in [-0.05, 0) is 48.6 Å². The van der Waals surface area contributed by atoms with Crippen molar-refractivity contribution >= 4 is 28.3 Å². The normalized spacial score (nSPS) is 14.4. The molecular weight excluding hydrogens is 416 g/mol. The third-order valence-corrected chi connectivity index (χ3v) is 6.23. The number of hydrogen-bond acceptors (Lipinski definition) is 5. The molecule has 0 spiro atoms. The van der Waals surface area contributed by atoms with E-state index >= 15 is 0 Å². The zero-order chi connectivity index (χ0) is 23.4. The fourth-order valence-electron chi connectivity index (χ4n) is 4.30. The average Bonchev–Trinajstić information content (AvgIpc) is 2.83. The second-order valence-corrected chi connectivity index (χ2v) is 8.69. The Morgan fingerprint density at radius 2 is 1.70 bits per heavy atom. The fourth-order valence-corrected chi connectivity index (χ4v) is 4.30. The predicted molar refractivity (Wildman–Crippen MR) is 133 cm³/mol. The molecule has 1 aliphatic heterocycles. The molecule has 4 rings (SSSR count). The van der Waals surface area contributed by atoms with Crippen LogP contribution in [0.2, 0.25) is 0 Å². The molecule has 2 aromatic carbocycles. The van der Waals surface area contributed by atoms with E-state index in [1.807, 2.05) is 36.5 Å². The molecule has 1 aliphatic rings. The van der Waals surface area contributed by atoms with Crippen molar-refractivity contribution in [3.05, 3.63) is 54.2 Å². The first-order chi connectivity index (χ1) is 16.0. The summed E-state index contributed by atoms with van der Waals surface area (Å²) in [6.07, 6.45) is 3.57. The minimum Gasteiger partial charge on any atom is -0.493 e. The third kappa shape index (κ3) is 5.13. The Balaban J connectivity index is 1.37. The number of aromatic nitrogens is 1. The van der Waals surface area contributed by atoms with Crippen LogP contribution in [0.25, 0.3) is 10.9 Å². The number of carbonyl (C=O) groups is 1. The maximum atomic E-state index is 12.5. The van der Waals surface area contributed by atoms with Gasteiger partial charge >= 0.3 is 6.03 Å². The maximum Gasteiger partial charge on any atom is 0.319 e. The summed E-state index contributed by atoms with van der Waals surface area (Å²) >= 11 is 0. The Kier molecular flexibility index (Phi) is 6.87. The highest BCUT2D eigenvalue weighted by Gasteiger charge is 2.23. The first kappa shape index (κ1) is 22.7. The molecule has 1 fully saturated rings. The molecule has 2 N–H and O–H groups in total. The molecule has 174 valence electrons. The summed E-state index contributed by atoms with van der Waals surface area (Å²) < 4.78 is 10.9. The summed E-state index contributed by atoms with van der Waals surface area (Å²) in [5.74, 6) is 1.83. The lowest BCUT2D eigenvalue weighted by Crippen LogP contribution is -2.46. The van der Waals surface area contributed by atoms with Crippen LogP contribution in [0.3, 0.4) is 0 Å². The molecule has 0 radical (unpaired) electrons. The molecule has 0 atom stereocenters. The highest BCUT2D eigenvalue weighted by Crippen LogP contribution is 2.36. The Morgan fingerprint density at radius 1 is 1.03 bits per heavy atom. The summed E-state index contributed by atoms with van der Waals surface area (Å²) in [4.78, 5) is 19.3. The van der Waals surface area contributed by atoms with Gasteiger partial charge in [0.05, 0.1) is 19.7 Å². The van der Waals surface area contributed by atoms with Gasteiger partial charge in [-0.1, -0.05) is 26.0 Å². The number of fused-ring (bicyclic) bond motifs is 1. The average molecular weight is 449 g/mol. The van der Waals surface area contributed by atoms with Crippen molar-refractivity contribution in [3.63, 3.8) is 0 Å². The zero-order valence-corrected chi connectivity index (χ0v) is 19.7. The van der Waals surface area contributed by atoms with Gasteiger partial charge in [-0.25, -0.2) is 4.79 Å². The number of hydrogen-bond donors (Lipinski definition) is 2. The van der Waals surface area contributed by atoms with Gasteiger partial charge in [0, 0.05) is 48.2 Å². The number of urea groups is 1. The van der Waals surface area contributed by atoms with Crippen molar-refractivity contribution in [2.24, 2.45) is 0 Å². The smallest absolute Gasteiger partial charge is 0.319 e. The number of benzene rings is 2. The molecule has 2 amide bonds. The van der Waals surface area contributed by atoms with E-state index in [2.05, 4.69) is 46.5 Å². The molecule has 0 saturated carbocycles. The molecule has 0 bridgehead atoms. The first-order valence-electron chi connectivity index (χ1n) is 11.4. The molecule has 1 aromatic heterocycles. The molecular formula is C26H32N4O3. The van der Waals surface area contributed by atoms with E-state index in [0.29, 0.717) is 17.4 Å². The minimum absolute atomic E-state index is 0.138. The maximum absolute atomic E-state index is 12.5. The number of piperidine rings is 1. The summed E-state index contributed by atoms with van der Waals surface area (Å²) in [6.45, 7) is 6.01. The molecule has 1 saturated heterocycles. The number of nitrogens with one attached hydrogen (secondary N) is 2. The van der Waals surface area contributed by atoms with Crippen molar-refractivity contribution in [1.29, 1.82) is 0 Å². The largest absolute Gasteiger partial charge is 0.493 e. The topological polar surface area (TPSA) is 75.7 Å². The van der Waals surface area contributed by atoms with E-state index in [9.17, 15) is 4.79 Å². The second kappa shape index (κ2) is 9.98. The van der Waals surface area contributed by atoms with Crippen molar-refractivity contribution in [2.45, 2.75) is 38.6 Å². The van der Waals surface area contributed by atoms with Crippen LogP contribution in [0, 0.1) is 0 Å². The van der Waals surface area contributed by atoms with Crippen molar-refractivity contribution < 1.29 is 14.3 Å². The van der Waals surface area contributed by atoms with E-state index in [-0.39, 0.29) is 12.1 Å². The van der Waals surface area contributed by atoms with Crippen LogP contribution < -0.4 is 25.0 Å². The number of pyridine rings is 1. The third-order valence-electron chi connectivity index (χ3n) is 6.23. The Morgan fingerprint density at radius 3 is 2.33 bits per heavy atom. The summed E-state index contributed by atoms with van der Waals surface area (Å²) in [5, 5.41) is 7.10. The van der Waals surface area contributed by atoms with Gasteiger partial charge in [0.15, 0.2) is 11.5 Å². The van der Waals surface area contributed by atoms with Crippen molar-refractivity contribution in [1.82, 2.24) is 10.3 Å². The molecule has 2 heterocycles. The Hall–Kier alpha value is -3.48. The number of carbonyl (C=O) groups excluding carboxylic acids is 1. The van der Waals surface area contributed by atoms with Gasteiger partial charge in [-0.2, -0.15) is 0 Å². The quantitative estimate of drug-likeness (QED) is 0.544. The standard InChI is InChI=1S/C26H32N4O3/c1-17(2)18-5-7-19(8-6-18)28-26(31)29-20-10-13-30(14-11-20)23-9-12-27-22-16-25(33-4)24(32-3)15-21(22)23/h5-9,12,15-17,20H,10-11,13-14H2,1-4H3,(H2,28,29,31). The first-order valence-corrected chi connectivity index (χ1v) is 11.4. The molecule has 0 unspecified atom stereocenters. The van der Waals surface area contributed by atoms with Gasteiger partial charge < -0.3 is 25.0 Å². The van der Waals surface area contributed by atoms with E-state index in [4.69, 9.17) is 9.47 Å². The van der Waals surface area contributed by atoms with Gasteiger partial charge in [-0.3, -0.25) is 4.98 Å². The lowest BCUT2D eigenvalue weighted by atomic mass is 10.0. The monoisotopic (exact) mass is 448 g/mol. The molecule has 7 nitrogen and oxygen atoms in total. The summed E-state index contributed by atoms with van der Waals surface area (Å²) in [5.41, 5.74) is 4.05. The highest BCUT2D eigenvalue weighted by molar-refractivity contribution is 5.94. The van der Waals surface area contributed by atoms with Gasteiger partial charge in [-0.15, -0.1) is 0 Å². The number of anilines is 2. The second-order valence-electron chi connectivity index (χ2n) is 8.69. The van der Waals surface area contributed by atoms with E-state index in [1.54, 1.807) is 14.2 Å². The predicted octanol–water partition coefficient (Wildman–Crippen LogP) is 5.17. The Bertz CT molecular complexity index is 1110. The highest BCUT2D eigenvalue weighted by atomic mass is 16.5. The number of nitrogens with zero attached hydrogens (tertiary/aromatic N) is 2. The number of ether oxygens (including phenoxy) is 2.